The number of hydrogen-bond acceptors (Lipinski definition) is 2. The maximum Gasteiger partial charge on any atom is 0.224 e. The number of carbonyl (C=O) groups is 2. The number of Topliss-reactive ketones (excluding diaryl/α,β-unsaturated/α-hetero) is 1. The fourth-order valence-corrected chi connectivity index (χ4v) is 1.93. The van der Waals surface area contributed by atoms with Gasteiger partial charge in [-0.05, 0) is 37.6 Å². The summed E-state index contributed by atoms with van der Waals surface area (Å²) in [4.78, 5) is 22.2. The third kappa shape index (κ3) is 4.57. The van der Waals surface area contributed by atoms with Crippen molar-refractivity contribution in [2.75, 3.05) is 5.32 Å². The number of carbonyl (C=O) groups excluding carboxylic acids is 2. The summed E-state index contributed by atoms with van der Waals surface area (Å²) in [5, 5.41) is 2.76. The van der Waals surface area contributed by atoms with Crippen molar-refractivity contribution in [2.45, 2.75) is 26.7 Å². The van der Waals surface area contributed by atoms with Crippen molar-refractivity contribution in [2.24, 2.45) is 0 Å². The van der Waals surface area contributed by atoms with Crippen LogP contribution in [0, 0.1) is 6.92 Å². The van der Waals surface area contributed by atoms with E-state index in [-0.39, 0.29) is 18.1 Å². The summed E-state index contributed by atoms with van der Waals surface area (Å²) in [6, 6.07) is 5.68. The van der Waals surface area contributed by atoms with Gasteiger partial charge in [-0.3, -0.25) is 4.79 Å². The Kier molecular flexibility index (Phi) is 4.68. The van der Waals surface area contributed by atoms with E-state index in [2.05, 4.69) is 21.2 Å². The van der Waals surface area contributed by atoms with Gasteiger partial charge in [0.25, 0.3) is 0 Å². The first-order valence-electron chi connectivity index (χ1n) is 5.04. The van der Waals surface area contributed by atoms with Crippen LogP contribution in [0.3, 0.4) is 0 Å². The lowest BCUT2D eigenvalue weighted by molar-refractivity contribution is -0.121. The first kappa shape index (κ1) is 12.9. The van der Waals surface area contributed by atoms with Crippen molar-refractivity contribution in [3.8, 4) is 0 Å². The fourth-order valence-electron chi connectivity index (χ4n) is 1.32. The number of anilines is 1. The molecule has 0 aromatic heterocycles. The summed E-state index contributed by atoms with van der Waals surface area (Å²) in [5.74, 6) is -0.103. The number of amides is 1. The average molecular weight is 284 g/mol. The molecule has 0 atom stereocenters. The topological polar surface area (TPSA) is 46.2 Å². The molecule has 1 aromatic rings. The van der Waals surface area contributed by atoms with Gasteiger partial charge in [-0.2, -0.15) is 0 Å². The Morgan fingerprint density at radius 3 is 2.50 bits per heavy atom. The Labute approximate surface area is 103 Å². The van der Waals surface area contributed by atoms with Gasteiger partial charge < -0.3 is 10.1 Å². The van der Waals surface area contributed by atoms with Gasteiger partial charge in [0.1, 0.15) is 5.78 Å². The second kappa shape index (κ2) is 5.80. The molecule has 1 aromatic carbocycles. The minimum absolute atomic E-state index is 0.0283. The standard InChI is InChI=1S/C12H14BrNO2/c1-8-5-10(13)7-11(6-8)14-12(16)4-3-9(2)15/h5-7H,3-4H2,1-2H3,(H,14,16). The van der Waals surface area contributed by atoms with Gasteiger partial charge in [0.15, 0.2) is 0 Å². The Morgan fingerprint density at radius 2 is 1.94 bits per heavy atom. The molecule has 86 valence electrons. The molecule has 0 aliphatic rings. The summed E-state index contributed by atoms with van der Waals surface area (Å²) in [6.07, 6.45) is 0.527. The zero-order chi connectivity index (χ0) is 12.1. The summed E-state index contributed by atoms with van der Waals surface area (Å²) in [6.45, 7) is 3.44. The molecule has 3 nitrogen and oxygen atoms in total. The zero-order valence-corrected chi connectivity index (χ0v) is 10.9. The van der Waals surface area contributed by atoms with Crippen LogP contribution in [0.15, 0.2) is 22.7 Å². The van der Waals surface area contributed by atoms with Crippen molar-refractivity contribution in [1.29, 1.82) is 0 Å². The number of rotatable bonds is 4. The normalized spacial score (nSPS) is 9.94. The maximum atomic E-state index is 11.5. The number of halogens is 1. The molecule has 1 N–H and O–H groups in total. The van der Waals surface area contributed by atoms with Crippen LogP contribution in [-0.2, 0) is 9.59 Å². The monoisotopic (exact) mass is 283 g/mol. The van der Waals surface area contributed by atoms with Crippen molar-refractivity contribution in [3.05, 3.63) is 28.2 Å². The molecule has 4 heteroatoms. The van der Waals surface area contributed by atoms with E-state index in [4.69, 9.17) is 0 Å². The molecule has 0 saturated heterocycles. The lowest BCUT2D eigenvalue weighted by atomic mass is 10.2. The highest BCUT2D eigenvalue weighted by atomic mass is 79.9. The third-order valence-electron chi connectivity index (χ3n) is 2.03. The smallest absolute Gasteiger partial charge is 0.224 e. The molecule has 0 fully saturated rings. The fraction of sp³-hybridized carbons (Fsp3) is 0.333. The van der Waals surface area contributed by atoms with Crippen LogP contribution in [-0.4, -0.2) is 11.7 Å². The number of hydrogen-bond donors (Lipinski definition) is 1. The molecule has 0 spiro atoms. The van der Waals surface area contributed by atoms with Gasteiger partial charge in [-0.1, -0.05) is 15.9 Å². The largest absolute Gasteiger partial charge is 0.326 e. The van der Waals surface area contributed by atoms with Gasteiger partial charge in [0.2, 0.25) is 5.91 Å². The summed E-state index contributed by atoms with van der Waals surface area (Å²) >= 11 is 3.36. The molecule has 0 heterocycles. The molecule has 0 bridgehead atoms. The van der Waals surface area contributed by atoms with Crippen LogP contribution >= 0.6 is 15.9 Å². The summed E-state index contributed by atoms with van der Waals surface area (Å²) < 4.78 is 0.925. The molecular weight excluding hydrogens is 270 g/mol. The number of benzene rings is 1. The summed E-state index contributed by atoms with van der Waals surface area (Å²) in [7, 11) is 0. The minimum atomic E-state index is -0.132. The van der Waals surface area contributed by atoms with Crippen LogP contribution in [0.5, 0.6) is 0 Å². The molecule has 0 radical (unpaired) electrons. The van der Waals surface area contributed by atoms with Crippen molar-refractivity contribution < 1.29 is 9.59 Å². The number of ketones is 1. The molecule has 1 rings (SSSR count). The highest BCUT2D eigenvalue weighted by molar-refractivity contribution is 9.10. The lowest BCUT2D eigenvalue weighted by Gasteiger charge is -2.06. The van der Waals surface area contributed by atoms with Crippen LogP contribution in [0.25, 0.3) is 0 Å². The van der Waals surface area contributed by atoms with Crippen LogP contribution in [0.2, 0.25) is 0 Å². The minimum Gasteiger partial charge on any atom is -0.326 e. The second-order valence-electron chi connectivity index (χ2n) is 3.77. The lowest BCUT2D eigenvalue weighted by Crippen LogP contribution is -2.12. The average Bonchev–Trinajstić information content (AvgIpc) is 2.12. The van der Waals surface area contributed by atoms with E-state index in [0.29, 0.717) is 6.42 Å². The van der Waals surface area contributed by atoms with Crippen molar-refractivity contribution in [3.63, 3.8) is 0 Å². The molecule has 16 heavy (non-hydrogen) atoms. The molecule has 0 unspecified atom stereocenters. The Bertz CT molecular complexity index is 395. The Balaban J connectivity index is 2.59. The zero-order valence-electron chi connectivity index (χ0n) is 9.34. The molecule has 1 amide bonds. The van der Waals surface area contributed by atoms with E-state index in [1.54, 1.807) is 0 Å². The number of nitrogens with one attached hydrogen (secondary N) is 1. The van der Waals surface area contributed by atoms with E-state index in [9.17, 15) is 9.59 Å². The van der Waals surface area contributed by atoms with E-state index in [0.717, 1.165) is 15.7 Å². The molecule has 0 aliphatic heterocycles. The van der Waals surface area contributed by atoms with E-state index < -0.39 is 0 Å². The van der Waals surface area contributed by atoms with Crippen LogP contribution < -0.4 is 5.32 Å². The van der Waals surface area contributed by atoms with Gasteiger partial charge in [0, 0.05) is 23.0 Å². The quantitative estimate of drug-likeness (QED) is 0.923. The van der Waals surface area contributed by atoms with Crippen molar-refractivity contribution in [1.82, 2.24) is 0 Å². The highest BCUT2D eigenvalue weighted by Crippen LogP contribution is 2.19. The second-order valence-corrected chi connectivity index (χ2v) is 4.68. The van der Waals surface area contributed by atoms with E-state index in [1.165, 1.54) is 6.92 Å². The first-order chi connectivity index (χ1) is 7.47. The first-order valence-corrected chi connectivity index (χ1v) is 5.83. The summed E-state index contributed by atoms with van der Waals surface area (Å²) in [5.41, 5.74) is 1.82. The molecule has 0 saturated carbocycles. The molecular formula is C12H14BrNO2. The van der Waals surface area contributed by atoms with Gasteiger partial charge >= 0.3 is 0 Å². The number of aryl methyl sites for hydroxylation is 1. The van der Waals surface area contributed by atoms with Gasteiger partial charge in [0.05, 0.1) is 0 Å². The third-order valence-corrected chi connectivity index (χ3v) is 2.49. The SMILES string of the molecule is CC(=O)CCC(=O)Nc1cc(C)cc(Br)c1. The van der Waals surface area contributed by atoms with E-state index >= 15 is 0 Å². The molecule has 0 aliphatic carbocycles. The predicted octanol–water partition coefficient (Wildman–Crippen LogP) is 3.07. The predicted molar refractivity (Wildman–Crippen MR) is 67.4 cm³/mol. The van der Waals surface area contributed by atoms with Gasteiger partial charge in [-0.25, -0.2) is 0 Å². The van der Waals surface area contributed by atoms with Crippen molar-refractivity contribution >= 4 is 33.3 Å². The van der Waals surface area contributed by atoms with Crippen LogP contribution in [0.1, 0.15) is 25.3 Å². The van der Waals surface area contributed by atoms with Crippen LogP contribution in [0.4, 0.5) is 5.69 Å². The van der Waals surface area contributed by atoms with E-state index in [1.807, 2.05) is 25.1 Å². The Hall–Kier alpha value is -1.16. The highest BCUT2D eigenvalue weighted by Gasteiger charge is 2.05. The Morgan fingerprint density at radius 1 is 1.25 bits per heavy atom. The van der Waals surface area contributed by atoms with Gasteiger partial charge in [-0.15, -0.1) is 0 Å². The maximum absolute atomic E-state index is 11.5.